The third-order valence-electron chi connectivity index (χ3n) is 3.00. The van der Waals surface area contributed by atoms with Crippen LogP contribution in [0.3, 0.4) is 0 Å². The van der Waals surface area contributed by atoms with E-state index in [2.05, 4.69) is 15.6 Å². The highest BCUT2D eigenvalue weighted by Gasteiger charge is 2.19. The molecule has 1 aromatic heterocycles. The maximum atomic E-state index is 12.0. The lowest BCUT2D eigenvalue weighted by atomic mass is 10.1. The topological polar surface area (TPSA) is 71.1 Å². The molecule has 1 aliphatic rings. The molecule has 1 aliphatic heterocycles. The van der Waals surface area contributed by atoms with Gasteiger partial charge in [0.2, 0.25) is 0 Å². The molecule has 0 saturated heterocycles. The standard InChI is InChI=1S/C13H11N3O2S/c1-7-11(19-6-15-7)13(18)16-9-3-2-8-5-14-12(17)10(8)4-9/h2-4,6H,5H2,1H3,(H,14,17)(H,16,18). The lowest BCUT2D eigenvalue weighted by Gasteiger charge is -2.05. The molecule has 96 valence electrons. The molecule has 0 spiro atoms. The van der Waals surface area contributed by atoms with Gasteiger partial charge in [-0.1, -0.05) is 6.07 Å². The fraction of sp³-hybridized carbons (Fsp3) is 0.154. The predicted molar refractivity (Wildman–Crippen MR) is 72.4 cm³/mol. The molecule has 0 radical (unpaired) electrons. The molecule has 0 aliphatic carbocycles. The van der Waals surface area contributed by atoms with Crippen LogP contribution < -0.4 is 10.6 Å². The van der Waals surface area contributed by atoms with Crippen molar-refractivity contribution in [3.63, 3.8) is 0 Å². The molecule has 5 nitrogen and oxygen atoms in total. The van der Waals surface area contributed by atoms with Gasteiger partial charge < -0.3 is 10.6 Å². The Labute approximate surface area is 113 Å². The molecule has 2 heterocycles. The van der Waals surface area contributed by atoms with Crippen molar-refractivity contribution in [3.8, 4) is 0 Å². The van der Waals surface area contributed by atoms with Gasteiger partial charge >= 0.3 is 0 Å². The van der Waals surface area contributed by atoms with Crippen LogP contribution >= 0.6 is 11.3 Å². The average Bonchev–Trinajstić information content (AvgIpc) is 2.97. The van der Waals surface area contributed by atoms with Gasteiger partial charge in [0.15, 0.2) is 0 Å². The molecule has 3 rings (SSSR count). The minimum atomic E-state index is -0.196. The van der Waals surface area contributed by atoms with Gasteiger partial charge in [-0.3, -0.25) is 9.59 Å². The van der Waals surface area contributed by atoms with Gasteiger partial charge in [0, 0.05) is 17.8 Å². The first kappa shape index (κ1) is 11.9. The van der Waals surface area contributed by atoms with Crippen LogP contribution in [0.15, 0.2) is 23.7 Å². The second-order valence-corrected chi connectivity index (χ2v) is 5.13. The SMILES string of the molecule is Cc1ncsc1C(=O)Nc1ccc2c(c1)C(=O)NC2. The first-order chi connectivity index (χ1) is 9.15. The van der Waals surface area contributed by atoms with Crippen LogP contribution in [0, 0.1) is 6.92 Å². The van der Waals surface area contributed by atoms with E-state index < -0.39 is 0 Å². The molecule has 0 saturated carbocycles. The highest BCUT2D eigenvalue weighted by atomic mass is 32.1. The highest BCUT2D eigenvalue weighted by molar-refractivity contribution is 7.12. The maximum absolute atomic E-state index is 12.0. The molecule has 0 atom stereocenters. The van der Waals surface area contributed by atoms with E-state index in [9.17, 15) is 9.59 Å². The zero-order chi connectivity index (χ0) is 13.4. The summed E-state index contributed by atoms with van der Waals surface area (Å²) in [4.78, 5) is 28.2. The quantitative estimate of drug-likeness (QED) is 0.878. The molecule has 0 bridgehead atoms. The van der Waals surface area contributed by atoms with Crippen molar-refractivity contribution in [3.05, 3.63) is 45.4 Å². The lowest BCUT2D eigenvalue weighted by molar-refractivity contribution is 0.0964. The van der Waals surface area contributed by atoms with Crippen molar-refractivity contribution in [1.29, 1.82) is 0 Å². The van der Waals surface area contributed by atoms with Gasteiger partial charge in [-0.15, -0.1) is 11.3 Å². The third-order valence-corrected chi connectivity index (χ3v) is 3.93. The van der Waals surface area contributed by atoms with E-state index in [-0.39, 0.29) is 11.8 Å². The van der Waals surface area contributed by atoms with Crippen LogP contribution in [0.1, 0.15) is 31.3 Å². The minimum absolute atomic E-state index is 0.0972. The van der Waals surface area contributed by atoms with Crippen LogP contribution in [0.25, 0.3) is 0 Å². The molecule has 1 aromatic carbocycles. The Balaban J connectivity index is 1.85. The Hall–Kier alpha value is -2.21. The summed E-state index contributed by atoms with van der Waals surface area (Å²) in [6, 6.07) is 5.35. The van der Waals surface area contributed by atoms with E-state index in [1.807, 2.05) is 6.07 Å². The van der Waals surface area contributed by atoms with Crippen LogP contribution in [-0.2, 0) is 6.54 Å². The van der Waals surface area contributed by atoms with Gasteiger partial charge in [-0.05, 0) is 24.6 Å². The van der Waals surface area contributed by atoms with Crippen LogP contribution in [0.5, 0.6) is 0 Å². The highest BCUT2D eigenvalue weighted by Crippen LogP contribution is 2.21. The van der Waals surface area contributed by atoms with Crippen molar-refractivity contribution in [2.24, 2.45) is 0 Å². The number of rotatable bonds is 2. The fourth-order valence-electron chi connectivity index (χ4n) is 2.00. The number of anilines is 1. The van der Waals surface area contributed by atoms with Crippen LogP contribution in [0.4, 0.5) is 5.69 Å². The number of aromatic nitrogens is 1. The molecule has 0 unspecified atom stereocenters. The molecule has 19 heavy (non-hydrogen) atoms. The summed E-state index contributed by atoms with van der Waals surface area (Å²) in [6.45, 7) is 2.35. The molecular weight excluding hydrogens is 262 g/mol. The minimum Gasteiger partial charge on any atom is -0.348 e. The van der Waals surface area contributed by atoms with E-state index in [0.717, 1.165) is 5.56 Å². The lowest BCUT2D eigenvalue weighted by Crippen LogP contribution is -2.13. The van der Waals surface area contributed by atoms with Gasteiger partial charge in [-0.25, -0.2) is 4.98 Å². The number of nitrogens with one attached hydrogen (secondary N) is 2. The summed E-state index contributed by atoms with van der Waals surface area (Å²) in [5.41, 5.74) is 4.55. The number of fused-ring (bicyclic) bond motifs is 1. The summed E-state index contributed by atoms with van der Waals surface area (Å²) in [5, 5.41) is 5.53. The average molecular weight is 273 g/mol. The number of thiazole rings is 1. The Bertz CT molecular complexity index is 678. The third kappa shape index (κ3) is 2.10. The number of nitrogens with zero attached hydrogens (tertiary/aromatic N) is 1. The summed E-state index contributed by atoms with van der Waals surface area (Å²) in [5.74, 6) is -0.293. The smallest absolute Gasteiger partial charge is 0.267 e. The summed E-state index contributed by atoms with van der Waals surface area (Å²) in [6.07, 6.45) is 0. The fourth-order valence-corrected chi connectivity index (χ4v) is 2.70. The van der Waals surface area contributed by atoms with E-state index in [0.29, 0.717) is 28.4 Å². The van der Waals surface area contributed by atoms with E-state index >= 15 is 0 Å². The van der Waals surface area contributed by atoms with E-state index in [4.69, 9.17) is 0 Å². The number of amides is 2. The van der Waals surface area contributed by atoms with Crippen molar-refractivity contribution >= 4 is 28.8 Å². The van der Waals surface area contributed by atoms with Gasteiger partial charge in [0.1, 0.15) is 4.88 Å². The number of carbonyl (C=O) groups is 2. The number of hydrogen-bond acceptors (Lipinski definition) is 4. The molecule has 6 heteroatoms. The summed E-state index contributed by atoms with van der Waals surface area (Å²) >= 11 is 1.30. The summed E-state index contributed by atoms with van der Waals surface area (Å²) in [7, 11) is 0. The van der Waals surface area contributed by atoms with Crippen molar-refractivity contribution in [2.75, 3.05) is 5.32 Å². The van der Waals surface area contributed by atoms with E-state index in [1.54, 1.807) is 24.6 Å². The number of aryl methyl sites for hydroxylation is 1. The summed E-state index contributed by atoms with van der Waals surface area (Å²) < 4.78 is 0. The molecule has 2 amide bonds. The Kier molecular flexibility index (Phi) is 2.79. The van der Waals surface area contributed by atoms with Gasteiger partial charge in [0.05, 0.1) is 11.2 Å². The monoisotopic (exact) mass is 273 g/mol. The molecule has 2 aromatic rings. The zero-order valence-electron chi connectivity index (χ0n) is 10.2. The van der Waals surface area contributed by atoms with Gasteiger partial charge in [-0.2, -0.15) is 0 Å². The Morgan fingerprint density at radius 2 is 2.32 bits per heavy atom. The Morgan fingerprint density at radius 1 is 1.47 bits per heavy atom. The molecule has 0 fully saturated rings. The predicted octanol–water partition coefficient (Wildman–Crippen LogP) is 1.95. The first-order valence-electron chi connectivity index (χ1n) is 5.78. The number of hydrogen-bond donors (Lipinski definition) is 2. The van der Waals surface area contributed by atoms with Gasteiger partial charge in [0.25, 0.3) is 11.8 Å². The first-order valence-corrected chi connectivity index (χ1v) is 6.65. The normalized spacial score (nSPS) is 13.0. The second-order valence-electron chi connectivity index (χ2n) is 4.28. The Morgan fingerprint density at radius 3 is 3.05 bits per heavy atom. The van der Waals surface area contributed by atoms with Crippen molar-refractivity contribution in [1.82, 2.24) is 10.3 Å². The zero-order valence-corrected chi connectivity index (χ0v) is 11.0. The largest absolute Gasteiger partial charge is 0.348 e. The van der Waals surface area contributed by atoms with Crippen LogP contribution in [-0.4, -0.2) is 16.8 Å². The van der Waals surface area contributed by atoms with E-state index in [1.165, 1.54) is 11.3 Å². The second kappa shape index (κ2) is 4.47. The molecule has 2 N–H and O–H groups in total. The van der Waals surface area contributed by atoms with Crippen LogP contribution in [0.2, 0.25) is 0 Å². The molecular formula is C13H11N3O2S. The van der Waals surface area contributed by atoms with Crippen molar-refractivity contribution < 1.29 is 9.59 Å². The maximum Gasteiger partial charge on any atom is 0.267 e. The number of carbonyl (C=O) groups excluding carboxylic acids is 2. The van der Waals surface area contributed by atoms with Crippen molar-refractivity contribution in [2.45, 2.75) is 13.5 Å². The number of benzene rings is 1.